The van der Waals surface area contributed by atoms with E-state index in [9.17, 15) is 0 Å². The molecule has 0 aliphatic heterocycles. The second-order valence-corrected chi connectivity index (χ2v) is 1.07. The molecular weight excluding hydrogens is 153 g/mol. The fraction of sp³-hybridized carbons (Fsp3) is 0.750. The number of rotatable bonds is 1. The van der Waals surface area contributed by atoms with E-state index in [-0.39, 0.29) is 38.8 Å². The molecule has 0 aliphatic carbocycles. The van der Waals surface area contributed by atoms with Crippen molar-refractivity contribution < 1.29 is 37.8 Å². The smallest absolute Gasteiger partial charge is 0 e. The van der Waals surface area contributed by atoms with Gasteiger partial charge in [0.1, 0.15) is 0 Å². The molecule has 1 N–H and O–H groups in total. The van der Waals surface area contributed by atoms with Crippen LogP contribution in [0.15, 0.2) is 0 Å². The standard InChI is InChI=1S/C4H9O.Y/c1-3-4(2)5;/h3-5H,1-2H3;/q-1;. The summed E-state index contributed by atoms with van der Waals surface area (Å²) in [6.45, 7) is 3.55. The van der Waals surface area contributed by atoms with Gasteiger partial charge in [-0.2, -0.15) is 6.92 Å². The molecule has 0 aromatic rings. The van der Waals surface area contributed by atoms with Crippen LogP contribution in [0, 0.1) is 6.42 Å². The first-order valence-electron chi connectivity index (χ1n) is 1.75. The Balaban J connectivity index is 0. The van der Waals surface area contributed by atoms with E-state index in [1.807, 2.05) is 6.92 Å². The first-order valence-corrected chi connectivity index (χ1v) is 1.75. The van der Waals surface area contributed by atoms with Gasteiger partial charge in [0.2, 0.25) is 0 Å². The zero-order valence-corrected chi connectivity index (χ0v) is 7.02. The normalized spacial score (nSPS) is 12.5. The van der Waals surface area contributed by atoms with Crippen LogP contribution in [0.25, 0.3) is 0 Å². The Hall–Kier alpha value is 1.06. The molecular formula is C4H9OY-. The van der Waals surface area contributed by atoms with E-state index in [1.54, 1.807) is 13.3 Å². The minimum absolute atomic E-state index is 0. The number of aliphatic hydroxyl groups excluding tert-OH is 1. The van der Waals surface area contributed by atoms with Gasteiger partial charge in [0.05, 0.1) is 0 Å². The average Bonchev–Trinajstić information content (AvgIpc) is 1.38. The molecule has 0 heterocycles. The molecule has 0 aromatic carbocycles. The molecule has 0 bridgehead atoms. The molecule has 0 aromatic heterocycles. The van der Waals surface area contributed by atoms with Gasteiger partial charge >= 0.3 is 0 Å². The van der Waals surface area contributed by atoms with Crippen molar-refractivity contribution in [2.75, 3.05) is 0 Å². The van der Waals surface area contributed by atoms with E-state index in [0.717, 1.165) is 0 Å². The number of hydrogen-bond acceptors (Lipinski definition) is 1. The van der Waals surface area contributed by atoms with E-state index >= 15 is 0 Å². The van der Waals surface area contributed by atoms with Crippen molar-refractivity contribution in [1.29, 1.82) is 0 Å². The third-order valence-corrected chi connectivity index (χ3v) is 0.482. The van der Waals surface area contributed by atoms with Crippen molar-refractivity contribution >= 4 is 0 Å². The maximum Gasteiger partial charge on any atom is 0 e. The summed E-state index contributed by atoms with van der Waals surface area (Å²) in [6.07, 6.45) is 1.48. The Morgan fingerprint density at radius 1 is 1.67 bits per heavy atom. The van der Waals surface area contributed by atoms with Gasteiger partial charge in [0, 0.05) is 32.7 Å². The molecule has 0 saturated carbocycles. The van der Waals surface area contributed by atoms with Crippen molar-refractivity contribution in [2.24, 2.45) is 0 Å². The molecule has 0 spiro atoms. The molecule has 0 aliphatic rings. The van der Waals surface area contributed by atoms with Crippen molar-refractivity contribution in [1.82, 2.24) is 0 Å². The third-order valence-electron chi connectivity index (χ3n) is 0.482. The number of aliphatic hydroxyl groups is 1. The average molecular weight is 162 g/mol. The molecule has 0 fully saturated rings. The van der Waals surface area contributed by atoms with E-state index in [1.165, 1.54) is 0 Å². The van der Waals surface area contributed by atoms with E-state index in [0.29, 0.717) is 0 Å². The minimum Gasteiger partial charge on any atom is -0.425 e. The second-order valence-electron chi connectivity index (χ2n) is 1.07. The molecule has 2 heteroatoms. The van der Waals surface area contributed by atoms with Gasteiger partial charge in [-0.1, -0.05) is 13.0 Å². The summed E-state index contributed by atoms with van der Waals surface area (Å²) >= 11 is 0. The van der Waals surface area contributed by atoms with Gasteiger partial charge in [-0.3, -0.25) is 0 Å². The van der Waals surface area contributed by atoms with Gasteiger partial charge in [-0.15, -0.1) is 0 Å². The third kappa shape index (κ3) is 8.91. The summed E-state index contributed by atoms with van der Waals surface area (Å²) in [5.41, 5.74) is 0. The van der Waals surface area contributed by atoms with Crippen LogP contribution in [0.2, 0.25) is 0 Å². The molecule has 6 heavy (non-hydrogen) atoms. The maximum atomic E-state index is 8.31. The van der Waals surface area contributed by atoms with E-state index < -0.39 is 0 Å². The molecule has 1 atom stereocenters. The van der Waals surface area contributed by atoms with Crippen molar-refractivity contribution in [3.05, 3.63) is 6.42 Å². The summed E-state index contributed by atoms with van der Waals surface area (Å²) in [4.78, 5) is 0. The maximum absolute atomic E-state index is 8.31. The summed E-state index contributed by atoms with van der Waals surface area (Å²) in [6, 6.07) is 0. The van der Waals surface area contributed by atoms with Crippen LogP contribution in [0.3, 0.4) is 0 Å². The van der Waals surface area contributed by atoms with Crippen molar-refractivity contribution in [3.8, 4) is 0 Å². The van der Waals surface area contributed by atoms with Gasteiger partial charge in [0.25, 0.3) is 0 Å². The van der Waals surface area contributed by atoms with Gasteiger partial charge in [0.15, 0.2) is 0 Å². The topological polar surface area (TPSA) is 20.2 Å². The zero-order valence-electron chi connectivity index (χ0n) is 4.18. The largest absolute Gasteiger partial charge is 0.425 e. The molecule has 0 rings (SSSR count). The number of hydrogen-bond donors (Lipinski definition) is 1. The monoisotopic (exact) mass is 162 g/mol. The molecule has 35 valence electrons. The molecule has 0 saturated heterocycles. The van der Waals surface area contributed by atoms with Crippen LogP contribution >= 0.6 is 0 Å². The summed E-state index contributed by atoms with van der Waals surface area (Å²) in [5.74, 6) is 0. The predicted molar refractivity (Wildman–Crippen MR) is 21.7 cm³/mol. The fourth-order valence-corrected chi connectivity index (χ4v) is 0. The Labute approximate surface area is 64.0 Å². The Morgan fingerprint density at radius 3 is 1.83 bits per heavy atom. The van der Waals surface area contributed by atoms with Crippen LogP contribution in [-0.2, 0) is 32.7 Å². The summed E-state index contributed by atoms with van der Waals surface area (Å²) in [7, 11) is 0. The second kappa shape index (κ2) is 6.06. The fourth-order valence-electron chi connectivity index (χ4n) is 0. The first kappa shape index (κ1) is 10.1. The summed E-state index contributed by atoms with van der Waals surface area (Å²) in [5, 5.41) is 8.31. The predicted octanol–water partition coefficient (Wildman–Crippen LogP) is 0.589. The van der Waals surface area contributed by atoms with Crippen LogP contribution < -0.4 is 0 Å². The minimum atomic E-state index is -0.241. The van der Waals surface area contributed by atoms with Crippen LogP contribution in [-0.4, -0.2) is 11.2 Å². The zero-order chi connectivity index (χ0) is 4.28. The van der Waals surface area contributed by atoms with Crippen LogP contribution in [0.4, 0.5) is 0 Å². The Morgan fingerprint density at radius 2 is 1.83 bits per heavy atom. The quantitative estimate of drug-likeness (QED) is 0.559. The molecule has 1 nitrogen and oxygen atoms in total. The van der Waals surface area contributed by atoms with Crippen LogP contribution in [0.5, 0.6) is 0 Å². The summed E-state index contributed by atoms with van der Waals surface area (Å²) < 4.78 is 0. The van der Waals surface area contributed by atoms with Gasteiger partial charge in [-0.05, 0) is 0 Å². The van der Waals surface area contributed by atoms with Crippen molar-refractivity contribution in [3.63, 3.8) is 0 Å². The first-order chi connectivity index (χ1) is 2.27. The molecule has 1 radical (unpaired) electrons. The van der Waals surface area contributed by atoms with E-state index in [2.05, 4.69) is 0 Å². The molecule has 1 unspecified atom stereocenters. The van der Waals surface area contributed by atoms with E-state index in [4.69, 9.17) is 5.11 Å². The van der Waals surface area contributed by atoms with Crippen molar-refractivity contribution in [2.45, 2.75) is 20.0 Å². The van der Waals surface area contributed by atoms with Crippen LogP contribution in [0.1, 0.15) is 13.8 Å². The Kier molecular flexibility index (Phi) is 10.2. The SMILES string of the molecule is C[CH-]C(C)O.[Y]. The Bertz CT molecular complexity index is 21.5. The molecule has 0 amide bonds. The van der Waals surface area contributed by atoms with Gasteiger partial charge in [-0.25, -0.2) is 0 Å². The van der Waals surface area contributed by atoms with Gasteiger partial charge < -0.3 is 11.5 Å².